The Morgan fingerprint density at radius 3 is 2.24 bits per heavy atom. The van der Waals surface area contributed by atoms with Gasteiger partial charge in [0.05, 0.1) is 9.73 Å². The number of alkyl carbamates (subject to hydrolysis) is 1. The summed E-state index contributed by atoms with van der Waals surface area (Å²) in [7, 11) is -2.97. The van der Waals surface area contributed by atoms with Crippen LogP contribution in [-0.2, 0) is 25.7 Å². The molecule has 29 heavy (non-hydrogen) atoms. The van der Waals surface area contributed by atoms with Gasteiger partial charge < -0.3 is 10.1 Å². The maximum Gasteiger partial charge on any atom is 0.408 e. The lowest BCUT2D eigenvalue weighted by Crippen LogP contribution is -2.44. The monoisotopic (exact) mass is 480 g/mol. The quantitative estimate of drug-likeness (QED) is 0.678. The number of amides is 2. The summed E-state index contributed by atoms with van der Waals surface area (Å²) in [4.78, 5) is 25.5. The molecular weight excluding hydrogens is 456 g/mol. The molecule has 2 rings (SSSR count). The van der Waals surface area contributed by atoms with Gasteiger partial charge in [-0.2, -0.15) is 4.36 Å². The van der Waals surface area contributed by atoms with Crippen LogP contribution in [0.2, 0.25) is 0 Å². The number of ether oxygens (including phenoxy) is 1. The van der Waals surface area contributed by atoms with Crippen LogP contribution >= 0.6 is 15.9 Å². The molecule has 1 N–H and O–H groups in total. The molecule has 0 saturated heterocycles. The van der Waals surface area contributed by atoms with Crippen molar-refractivity contribution in [2.24, 2.45) is 4.36 Å². The summed E-state index contributed by atoms with van der Waals surface area (Å²) in [5, 5.41) is 2.57. The van der Waals surface area contributed by atoms with Crippen LogP contribution in [0.4, 0.5) is 4.79 Å². The highest BCUT2D eigenvalue weighted by atomic mass is 79.9. The Balaban J connectivity index is 2.30. The van der Waals surface area contributed by atoms with Crippen molar-refractivity contribution in [2.45, 2.75) is 43.7 Å². The fourth-order valence-electron chi connectivity index (χ4n) is 2.47. The van der Waals surface area contributed by atoms with E-state index in [-0.39, 0.29) is 6.42 Å². The van der Waals surface area contributed by atoms with Crippen LogP contribution in [0.25, 0.3) is 0 Å². The van der Waals surface area contributed by atoms with Gasteiger partial charge in [-0.1, -0.05) is 46.3 Å². The topological polar surface area (TPSA) is 84.8 Å². The van der Waals surface area contributed by atoms with E-state index in [1.807, 2.05) is 30.3 Å². The van der Waals surface area contributed by atoms with Crippen LogP contribution < -0.4 is 5.32 Å². The number of nitrogens with zero attached hydrogens (tertiary/aromatic N) is 1. The third-order valence-corrected chi connectivity index (χ3v) is 5.99. The van der Waals surface area contributed by atoms with Crippen LogP contribution in [0.1, 0.15) is 26.3 Å². The Hall–Kier alpha value is -2.19. The second-order valence-electron chi connectivity index (χ2n) is 7.57. The Labute approximate surface area is 180 Å². The molecule has 2 aromatic carbocycles. The van der Waals surface area contributed by atoms with Gasteiger partial charge in [-0.05, 0) is 50.6 Å². The largest absolute Gasteiger partial charge is 0.444 e. The van der Waals surface area contributed by atoms with E-state index in [0.717, 1.165) is 10.0 Å². The second-order valence-corrected chi connectivity index (χ2v) is 10.7. The van der Waals surface area contributed by atoms with Crippen LogP contribution in [0.5, 0.6) is 0 Å². The van der Waals surface area contributed by atoms with Gasteiger partial charge in [0.2, 0.25) is 0 Å². The third kappa shape index (κ3) is 7.62. The van der Waals surface area contributed by atoms with E-state index in [0.29, 0.717) is 4.90 Å². The molecule has 0 aliphatic carbocycles. The zero-order valence-corrected chi connectivity index (χ0v) is 19.2. The summed E-state index contributed by atoms with van der Waals surface area (Å²) in [5.41, 5.74) is 0.125. The molecule has 0 spiro atoms. The Bertz CT molecular complexity index is 976. The molecule has 0 aliphatic rings. The van der Waals surface area contributed by atoms with Crippen molar-refractivity contribution in [2.75, 3.05) is 6.26 Å². The fraction of sp³-hybridized carbons (Fsp3) is 0.333. The number of rotatable bonds is 5. The molecule has 2 aromatic rings. The first-order chi connectivity index (χ1) is 13.5. The molecule has 0 radical (unpaired) electrons. The molecule has 0 saturated carbocycles. The van der Waals surface area contributed by atoms with E-state index >= 15 is 0 Å². The number of benzene rings is 2. The van der Waals surface area contributed by atoms with Crippen molar-refractivity contribution in [1.82, 2.24) is 5.32 Å². The van der Waals surface area contributed by atoms with Gasteiger partial charge >= 0.3 is 6.09 Å². The molecule has 0 heterocycles. The van der Waals surface area contributed by atoms with Gasteiger partial charge in [-0.3, -0.25) is 4.79 Å². The van der Waals surface area contributed by atoms with E-state index in [2.05, 4.69) is 25.6 Å². The lowest BCUT2D eigenvalue weighted by Gasteiger charge is -2.22. The molecule has 0 aliphatic heterocycles. The maximum absolute atomic E-state index is 13.0. The van der Waals surface area contributed by atoms with E-state index in [1.165, 1.54) is 6.26 Å². The van der Waals surface area contributed by atoms with Crippen LogP contribution in [0.3, 0.4) is 0 Å². The standard InChI is InChI=1S/C21H25BrN2O4S/c1-21(2,3)28-20(26)23-18(14-15-8-6-5-7-9-15)19(25)24-29(4,27)17-12-10-16(22)11-13-17/h5-13,18H,14H2,1-4H3,(H,23,26)/t18-,29?/m0/s1. The molecule has 8 heteroatoms. The van der Waals surface area contributed by atoms with Crippen molar-refractivity contribution in [3.8, 4) is 0 Å². The molecule has 2 atom stereocenters. The number of halogens is 1. The zero-order valence-electron chi connectivity index (χ0n) is 16.8. The number of carbonyl (C=O) groups is 2. The summed E-state index contributed by atoms with van der Waals surface area (Å²) in [6.45, 7) is 5.20. The van der Waals surface area contributed by atoms with Crippen molar-refractivity contribution in [1.29, 1.82) is 0 Å². The first-order valence-electron chi connectivity index (χ1n) is 9.01. The van der Waals surface area contributed by atoms with Crippen LogP contribution in [-0.4, -0.2) is 34.1 Å². The molecule has 0 aromatic heterocycles. The van der Waals surface area contributed by atoms with Crippen molar-refractivity contribution < 1.29 is 18.5 Å². The van der Waals surface area contributed by atoms with Crippen molar-refractivity contribution in [3.63, 3.8) is 0 Å². The predicted octanol–water partition coefficient (Wildman–Crippen LogP) is 4.57. The fourth-order valence-corrected chi connectivity index (χ4v) is 3.96. The van der Waals surface area contributed by atoms with Gasteiger partial charge in [0.1, 0.15) is 11.6 Å². The summed E-state index contributed by atoms with van der Waals surface area (Å²) < 4.78 is 23.1. The van der Waals surface area contributed by atoms with Gasteiger partial charge in [-0.15, -0.1) is 0 Å². The summed E-state index contributed by atoms with van der Waals surface area (Å²) in [6, 6.07) is 15.0. The summed E-state index contributed by atoms with van der Waals surface area (Å²) in [5.74, 6) is -0.671. The normalized spacial score (nSPS) is 14.4. The highest BCUT2D eigenvalue weighted by Gasteiger charge is 2.25. The second kappa shape index (κ2) is 9.54. The van der Waals surface area contributed by atoms with Gasteiger partial charge in [0.15, 0.2) is 0 Å². The molecule has 0 bridgehead atoms. The first-order valence-corrected chi connectivity index (χ1v) is 11.7. The van der Waals surface area contributed by atoms with Crippen molar-refractivity contribution in [3.05, 3.63) is 64.6 Å². The molecule has 2 amide bonds. The van der Waals surface area contributed by atoms with E-state index in [9.17, 15) is 13.8 Å². The smallest absolute Gasteiger partial charge is 0.408 e. The number of hydrogen-bond acceptors (Lipinski definition) is 4. The SMILES string of the molecule is CC(C)(C)OC(=O)N[C@@H](Cc1ccccc1)C(=O)N=S(C)(=O)c1ccc(Br)cc1. The Morgan fingerprint density at radius 2 is 1.69 bits per heavy atom. The Morgan fingerprint density at radius 1 is 1.10 bits per heavy atom. The summed E-state index contributed by atoms with van der Waals surface area (Å²) in [6.07, 6.45) is 0.882. The molecule has 6 nitrogen and oxygen atoms in total. The average Bonchev–Trinajstić information content (AvgIpc) is 2.60. The maximum atomic E-state index is 13.0. The van der Waals surface area contributed by atoms with Gasteiger partial charge in [-0.25, -0.2) is 9.00 Å². The van der Waals surface area contributed by atoms with Crippen molar-refractivity contribution >= 4 is 37.7 Å². The third-order valence-electron chi connectivity index (χ3n) is 3.79. The molecule has 156 valence electrons. The highest BCUT2D eigenvalue weighted by Crippen LogP contribution is 2.17. The first kappa shape index (κ1) is 23.1. The molecular formula is C21H25BrN2O4S. The summed E-state index contributed by atoms with van der Waals surface area (Å²) >= 11 is 3.32. The molecule has 0 fully saturated rings. The van der Waals surface area contributed by atoms with Crippen LogP contribution in [0, 0.1) is 0 Å². The Kier molecular flexibility index (Phi) is 7.60. The zero-order chi connectivity index (χ0) is 21.7. The van der Waals surface area contributed by atoms with Gasteiger partial charge in [0.25, 0.3) is 5.91 Å². The number of hydrogen-bond donors (Lipinski definition) is 1. The lowest BCUT2D eigenvalue weighted by atomic mass is 10.1. The lowest BCUT2D eigenvalue weighted by molar-refractivity contribution is -0.119. The van der Waals surface area contributed by atoms with E-state index in [4.69, 9.17) is 4.74 Å². The minimum Gasteiger partial charge on any atom is -0.444 e. The highest BCUT2D eigenvalue weighted by molar-refractivity contribution is 9.10. The van der Waals surface area contributed by atoms with Gasteiger partial charge in [0, 0.05) is 22.0 Å². The van der Waals surface area contributed by atoms with E-state index < -0.39 is 33.4 Å². The number of carbonyl (C=O) groups excluding carboxylic acids is 2. The average molecular weight is 481 g/mol. The van der Waals surface area contributed by atoms with E-state index in [1.54, 1.807) is 45.0 Å². The minimum absolute atomic E-state index is 0.207. The minimum atomic E-state index is -2.97. The number of nitrogens with one attached hydrogen (secondary N) is 1. The predicted molar refractivity (Wildman–Crippen MR) is 117 cm³/mol. The van der Waals surface area contributed by atoms with Crippen LogP contribution in [0.15, 0.2) is 68.3 Å². The molecule has 1 unspecified atom stereocenters.